The van der Waals surface area contributed by atoms with Gasteiger partial charge in [0.15, 0.2) is 0 Å². The summed E-state index contributed by atoms with van der Waals surface area (Å²) in [4.78, 5) is 16.9. The smallest absolute Gasteiger partial charge is 0.238 e. The Morgan fingerprint density at radius 3 is 2.74 bits per heavy atom. The van der Waals surface area contributed by atoms with Gasteiger partial charge in [0.25, 0.3) is 0 Å². The second-order valence-electron chi connectivity index (χ2n) is 5.55. The average molecular weight is 268 g/mol. The molecule has 5 heteroatoms. The number of nitrogens with one attached hydrogen (secondary N) is 2. The molecule has 1 unspecified atom stereocenters. The summed E-state index contributed by atoms with van der Waals surface area (Å²) in [5.74, 6) is 0.174. The first kappa shape index (κ1) is 14.8. The van der Waals surface area contributed by atoms with E-state index < -0.39 is 0 Å². The molecule has 2 fully saturated rings. The maximum atomic E-state index is 12.1. The Bertz CT molecular complexity index is 279. The monoisotopic (exact) mass is 268 g/mol. The van der Waals surface area contributed by atoms with Crippen LogP contribution in [0.2, 0.25) is 0 Å². The lowest BCUT2D eigenvalue weighted by Crippen LogP contribution is -2.59. The fraction of sp³-hybridized carbons (Fsp3) is 0.929. The van der Waals surface area contributed by atoms with Crippen LogP contribution in [0.5, 0.6) is 0 Å². The first-order valence-corrected chi connectivity index (χ1v) is 7.76. The number of hydrogen-bond acceptors (Lipinski definition) is 4. The molecule has 2 heterocycles. The van der Waals surface area contributed by atoms with Crippen LogP contribution in [0.1, 0.15) is 26.2 Å². The summed E-state index contributed by atoms with van der Waals surface area (Å²) in [6, 6.07) is 0.0125. The van der Waals surface area contributed by atoms with E-state index in [1.165, 1.54) is 32.4 Å². The van der Waals surface area contributed by atoms with Crippen LogP contribution in [0.25, 0.3) is 0 Å². The molecule has 2 aliphatic heterocycles. The lowest BCUT2D eigenvalue weighted by atomic mass is 10.1. The second-order valence-corrected chi connectivity index (χ2v) is 5.55. The molecular formula is C14H28N4O. The van der Waals surface area contributed by atoms with Crippen LogP contribution in [-0.4, -0.2) is 74.1 Å². The van der Waals surface area contributed by atoms with Crippen LogP contribution in [0.3, 0.4) is 0 Å². The summed E-state index contributed by atoms with van der Waals surface area (Å²) in [5, 5.41) is 6.27. The summed E-state index contributed by atoms with van der Waals surface area (Å²) in [6.45, 7) is 10.0. The minimum Gasteiger partial charge on any atom is -0.355 e. The minimum atomic E-state index is 0.0125. The second kappa shape index (κ2) is 7.82. The zero-order chi connectivity index (χ0) is 13.5. The molecule has 110 valence electrons. The molecule has 1 amide bonds. The van der Waals surface area contributed by atoms with Gasteiger partial charge >= 0.3 is 0 Å². The van der Waals surface area contributed by atoms with Crippen LogP contribution in [0.4, 0.5) is 0 Å². The summed E-state index contributed by atoms with van der Waals surface area (Å²) in [6.07, 6.45) is 4.05. The predicted molar refractivity (Wildman–Crippen MR) is 77.2 cm³/mol. The van der Waals surface area contributed by atoms with Crippen LogP contribution < -0.4 is 10.6 Å². The number of likely N-dealkylation sites (N-methyl/N-ethyl adjacent to an activating group) is 1. The van der Waals surface area contributed by atoms with E-state index in [1.807, 2.05) is 6.92 Å². The molecular weight excluding hydrogens is 240 g/mol. The van der Waals surface area contributed by atoms with Crippen LogP contribution in [-0.2, 0) is 4.79 Å². The van der Waals surface area contributed by atoms with Crippen LogP contribution >= 0.6 is 0 Å². The first-order chi connectivity index (χ1) is 9.31. The van der Waals surface area contributed by atoms with Gasteiger partial charge in [0.2, 0.25) is 5.91 Å². The quantitative estimate of drug-likeness (QED) is 0.730. The lowest BCUT2D eigenvalue weighted by Gasteiger charge is -2.37. The Hall–Kier alpha value is -0.650. The van der Waals surface area contributed by atoms with Crippen molar-refractivity contribution in [3.05, 3.63) is 0 Å². The molecule has 1 atom stereocenters. The molecule has 0 saturated carbocycles. The van der Waals surface area contributed by atoms with Gasteiger partial charge in [0.05, 0.1) is 0 Å². The molecule has 0 spiro atoms. The molecule has 5 nitrogen and oxygen atoms in total. The van der Waals surface area contributed by atoms with E-state index in [0.29, 0.717) is 0 Å². The number of likely N-dealkylation sites (tertiary alicyclic amines) is 1. The van der Waals surface area contributed by atoms with E-state index in [-0.39, 0.29) is 11.9 Å². The molecule has 0 aromatic heterocycles. The number of hydrogen-bond donors (Lipinski definition) is 2. The average Bonchev–Trinajstić information content (AvgIpc) is 2.47. The summed E-state index contributed by atoms with van der Waals surface area (Å²) in [7, 11) is 0. The van der Waals surface area contributed by atoms with Gasteiger partial charge in [-0.3, -0.25) is 9.69 Å². The number of nitrogens with zero attached hydrogens (tertiary/aromatic N) is 2. The highest BCUT2D eigenvalue weighted by atomic mass is 16.2. The van der Waals surface area contributed by atoms with E-state index in [1.54, 1.807) is 0 Å². The zero-order valence-corrected chi connectivity index (χ0v) is 12.2. The molecule has 2 saturated heterocycles. The zero-order valence-electron chi connectivity index (χ0n) is 12.2. The van der Waals surface area contributed by atoms with Crippen molar-refractivity contribution in [3.8, 4) is 0 Å². The van der Waals surface area contributed by atoms with Gasteiger partial charge in [0, 0.05) is 39.3 Å². The largest absolute Gasteiger partial charge is 0.355 e. The first-order valence-electron chi connectivity index (χ1n) is 7.76. The molecule has 2 rings (SSSR count). The van der Waals surface area contributed by atoms with Gasteiger partial charge < -0.3 is 15.5 Å². The van der Waals surface area contributed by atoms with E-state index in [4.69, 9.17) is 0 Å². The van der Waals surface area contributed by atoms with Crippen molar-refractivity contribution in [1.82, 2.24) is 20.4 Å². The number of rotatable bonds is 5. The molecule has 0 aromatic carbocycles. The summed E-state index contributed by atoms with van der Waals surface area (Å²) >= 11 is 0. The predicted octanol–water partition coefficient (Wildman–Crippen LogP) is -0.118. The van der Waals surface area contributed by atoms with Crippen molar-refractivity contribution in [3.63, 3.8) is 0 Å². The van der Waals surface area contributed by atoms with Gasteiger partial charge in [-0.05, 0) is 32.9 Å². The van der Waals surface area contributed by atoms with E-state index in [0.717, 1.165) is 39.3 Å². The maximum absolute atomic E-state index is 12.1. The van der Waals surface area contributed by atoms with Gasteiger partial charge in [-0.25, -0.2) is 0 Å². The number of piperazine rings is 1. The molecule has 2 N–H and O–H groups in total. The van der Waals surface area contributed by atoms with Crippen molar-refractivity contribution < 1.29 is 4.79 Å². The number of carbonyl (C=O) groups excluding carboxylic acids is 1. The van der Waals surface area contributed by atoms with E-state index in [2.05, 4.69) is 20.4 Å². The highest BCUT2D eigenvalue weighted by Crippen LogP contribution is 2.09. The van der Waals surface area contributed by atoms with Crippen molar-refractivity contribution in [1.29, 1.82) is 0 Å². The lowest BCUT2D eigenvalue weighted by molar-refractivity contribution is -0.127. The molecule has 0 radical (unpaired) electrons. The maximum Gasteiger partial charge on any atom is 0.238 e. The Morgan fingerprint density at radius 2 is 2.00 bits per heavy atom. The third kappa shape index (κ3) is 4.44. The van der Waals surface area contributed by atoms with E-state index >= 15 is 0 Å². The molecule has 0 aromatic rings. The fourth-order valence-corrected chi connectivity index (χ4v) is 3.02. The third-order valence-electron chi connectivity index (χ3n) is 4.16. The summed E-state index contributed by atoms with van der Waals surface area (Å²) in [5.41, 5.74) is 0. The fourth-order valence-electron chi connectivity index (χ4n) is 3.02. The molecule has 0 aliphatic carbocycles. The van der Waals surface area contributed by atoms with Gasteiger partial charge in [0.1, 0.15) is 6.04 Å². The van der Waals surface area contributed by atoms with Gasteiger partial charge in [-0.15, -0.1) is 0 Å². The van der Waals surface area contributed by atoms with Crippen LogP contribution in [0.15, 0.2) is 0 Å². The third-order valence-corrected chi connectivity index (χ3v) is 4.16. The van der Waals surface area contributed by atoms with Crippen molar-refractivity contribution in [2.24, 2.45) is 0 Å². The normalized spacial score (nSPS) is 26.3. The standard InChI is InChI=1S/C14H28N4O/c1-2-16-14(19)13-12-15-6-9-18(13)11-10-17-7-4-3-5-8-17/h13,15H,2-12H2,1H3,(H,16,19). The van der Waals surface area contributed by atoms with Crippen LogP contribution in [0, 0.1) is 0 Å². The minimum absolute atomic E-state index is 0.0125. The van der Waals surface area contributed by atoms with Crippen molar-refractivity contribution in [2.45, 2.75) is 32.2 Å². The Kier molecular flexibility index (Phi) is 6.07. The molecule has 2 aliphatic rings. The SMILES string of the molecule is CCNC(=O)C1CNCCN1CCN1CCCCC1. The highest BCUT2D eigenvalue weighted by molar-refractivity contribution is 5.82. The highest BCUT2D eigenvalue weighted by Gasteiger charge is 2.28. The van der Waals surface area contributed by atoms with Crippen molar-refractivity contribution in [2.75, 3.05) is 52.4 Å². The van der Waals surface area contributed by atoms with Crippen molar-refractivity contribution >= 4 is 5.91 Å². The summed E-state index contributed by atoms with van der Waals surface area (Å²) < 4.78 is 0. The topological polar surface area (TPSA) is 47.6 Å². The molecule has 19 heavy (non-hydrogen) atoms. The Balaban J connectivity index is 1.79. The van der Waals surface area contributed by atoms with Gasteiger partial charge in [-0.1, -0.05) is 6.42 Å². The van der Waals surface area contributed by atoms with E-state index in [9.17, 15) is 4.79 Å². The number of piperidine rings is 1. The number of amides is 1. The molecule has 0 bridgehead atoms. The number of carbonyl (C=O) groups is 1. The Labute approximate surface area is 116 Å². The Morgan fingerprint density at radius 1 is 1.21 bits per heavy atom. The van der Waals surface area contributed by atoms with Gasteiger partial charge in [-0.2, -0.15) is 0 Å².